The van der Waals surface area contributed by atoms with Gasteiger partial charge in [0, 0.05) is 4.47 Å². The monoisotopic (exact) mass is 555 g/mol. The summed E-state index contributed by atoms with van der Waals surface area (Å²) in [6.07, 6.45) is 1.76. The van der Waals surface area contributed by atoms with Crippen LogP contribution in [0, 0.1) is 0 Å². The van der Waals surface area contributed by atoms with Gasteiger partial charge in [-0.05, 0) is 53.6 Å². The number of carbonyl (C=O) groups is 2. The Labute approximate surface area is 214 Å². The number of rotatable bonds is 7. The number of halogens is 1. The minimum atomic E-state index is -0.996. The summed E-state index contributed by atoms with van der Waals surface area (Å²) in [5.41, 5.74) is 2.36. The second kappa shape index (κ2) is 10.4. The summed E-state index contributed by atoms with van der Waals surface area (Å²) < 4.78 is 12.6. The molecule has 1 amide bonds. The number of ether oxygens (including phenoxy) is 2. The molecule has 0 unspecified atom stereocenters. The fourth-order valence-electron chi connectivity index (χ4n) is 3.30. The Kier molecular flexibility index (Phi) is 7.35. The molecule has 0 spiro atoms. The zero-order chi connectivity index (χ0) is 24.2. The number of amides is 1. The van der Waals surface area contributed by atoms with Crippen LogP contribution in [0.1, 0.15) is 21.5 Å². The first-order valence-corrected chi connectivity index (χ1v) is 12.0. The van der Waals surface area contributed by atoms with Gasteiger partial charge >= 0.3 is 5.97 Å². The van der Waals surface area contributed by atoms with Gasteiger partial charge in [-0.3, -0.25) is 9.69 Å². The van der Waals surface area contributed by atoms with E-state index in [4.69, 9.17) is 26.8 Å². The van der Waals surface area contributed by atoms with Crippen LogP contribution >= 0.6 is 39.9 Å². The lowest BCUT2D eigenvalue weighted by atomic mass is 10.1. The number of nitrogens with zero attached hydrogens (tertiary/aromatic N) is 1. The van der Waals surface area contributed by atoms with Crippen LogP contribution in [-0.2, 0) is 11.4 Å². The Morgan fingerprint density at radius 2 is 1.88 bits per heavy atom. The number of carboxylic acid groups (broad SMARTS) is 1. The summed E-state index contributed by atoms with van der Waals surface area (Å²) in [6.45, 7) is 0.166. The van der Waals surface area contributed by atoms with E-state index in [9.17, 15) is 9.59 Å². The van der Waals surface area contributed by atoms with Crippen LogP contribution in [0.5, 0.6) is 11.5 Å². The molecule has 6 nitrogen and oxygen atoms in total. The molecule has 1 aliphatic heterocycles. The van der Waals surface area contributed by atoms with Gasteiger partial charge in [0.2, 0.25) is 0 Å². The van der Waals surface area contributed by atoms with E-state index in [0.29, 0.717) is 30.8 Å². The average Bonchev–Trinajstić information content (AvgIpc) is 3.12. The summed E-state index contributed by atoms with van der Waals surface area (Å²) in [5.74, 6) is -0.235. The zero-order valence-electron chi connectivity index (χ0n) is 17.9. The normalized spacial score (nSPS) is 14.5. The van der Waals surface area contributed by atoms with Crippen molar-refractivity contribution in [2.75, 3.05) is 12.0 Å². The summed E-state index contributed by atoms with van der Waals surface area (Å²) in [6, 6.07) is 19.3. The number of carboxylic acids is 1. The summed E-state index contributed by atoms with van der Waals surface area (Å²) in [5, 5.41) is 9.17. The molecular weight excluding hydrogens is 538 g/mol. The molecule has 0 saturated carbocycles. The van der Waals surface area contributed by atoms with Crippen molar-refractivity contribution in [3.8, 4) is 11.5 Å². The lowest BCUT2D eigenvalue weighted by molar-refractivity contribution is -0.113. The molecule has 3 aromatic rings. The highest BCUT2D eigenvalue weighted by Gasteiger charge is 2.33. The van der Waals surface area contributed by atoms with Gasteiger partial charge in [0.25, 0.3) is 5.91 Å². The second-order valence-corrected chi connectivity index (χ2v) is 9.70. The highest BCUT2D eigenvalue weighted by atomic mass is 79.9. The number of methoxy groups -OCH3 is 1. The molecule has 3 aromatic carbocycles. The minimum absolute atomic E-state index is 0.166. The van der Waals surface area contributed by atoms with Crippen LogP contribution in [0.3, 0.4) is 0 Å². The Hall–Kier alpha value is -3.14. The molecule has 1 saturated heterocycles. The molecule has 0 aliphatic carbocycles. The van der Waals surface area contributed by atoms with Crippen LogP contribution < -0.4 is 14.4 Å². The van der Waals surface area contributed by atoms with E-state index in [0.717, 1.165) is 11.3 Å². The van der Waals surface area contributed by atoms with Crippen LogP contribution in [0.4, 0.5) is 5.69 Å². The first kappa shape index (κ1) is 24.0. The molecule has 172 valence electrons. The lowest BCUT2D eigenvalue weighted by Gasteiger charge is -2.14. The number of hydrogen-bond donors (Lipinski definition) is 1. The van der Waals surface area contributed by atoms with Gasteiger partial charge in [-0.1, -0.05) is 70.2 Å². The van der Waals surface area contributed by atoms with Gasteiger partial charge < -0.3 is 14.6 Å². The Morgan fingerprint density at radius 1 is 1.12 bits per heavy atom. The maximum atomic E-state index is 13.0. The largest absolute Gasteiger partial charge is 0.493 e. The number of thioether (sulfide) groups is 1. The van der Waals surface area contributed by atoms with E-state index in [2.05, 4.69) is 15.9 Å². The molecule has 1 fully saturated rings. The number of aromatic carboxylic acids is 1. The molecule has 0 aromatic heterocycles. The molecule has 0 bridgehead atoms. The zero-order valence-corrected chi connectivity index (χ0v) is 21.1. The third-order valence-electron chi connectivity index (χ3n) is 4.95. The smallest absolute Gasteiger partial charge is 0.335 e. The Bertz CT molecular complexity index is 1310. The van der Waals surface area contributed by atoms with Crippen molar-refractivity contribution in [3.63, 3.8) is 0 Å². The van der Waals surface area contributed by atoms with E-state index in [1.807, 2.05) is 30.3 Å². The maximum absolute atomic E-state index is 13.0. The average molecular weight is 556 g/mol. The van der Waals surface area contributed by atoms with Crippen molar-refractivity contribution in [1.29, 1.82) is 0 Å². The van der Waals surface area contributed by atoms with Crippen LogP contribution in [-0.4, -0.2) is 28.4 Å². The number of carbonyl (C=O) groups excluding carboxylic acids is 1. The van der Waals surface area contributed by atoms with Crippen molar-refractivity contribution in [1.82, 2.24) is 0 Å². The van der Waals surface area contributed by atoms with Crippen LogP contribution in [0.2, 0.25) is 0 Å². The molecule has 0 atom stereocenters. The van der Waals surface area contributed by atoms with Crippen molar-refractivity contribution >= 4 is 67.9 Å². The van der Waals surface area contributed by atoms with Gasteiger partial charge in [-0.2, -0.15) is 0 Å². The molecule has 1 aliphatic rings. The van der Waals surface area contributed by atoms with E-state index in [1.165, 1.54) is 29.8 Å². The van der Waals surface area contributed by atoms with Gasteiger partial charge in [0.1, 0.15) is 6.61 Å². The molecule has 1 N–H and O–H groups in total. The molecule has 0 radical (unpaired) electrons. The first-order chi connectivity index (χ1) is 16.4. The Balaban J connectivity index is 1.57. The second-order valence-electron chi connectivity index (χ2n) is 7.17. The highest BCUT2D eigenvalue weighted by molar-refractivity contribution is 9.10. The number of hydrogen-bond acceptors (Lipinski definition) is 6. The Morgan fingerprint density at radius 3 is 2.59 bits per heavy atom. The summed E-state index contributed by atoms with van der Waals surface area (Å²) >= 11 is 10.2. The van der Waals surface area contributed by atoms with Gasteiger partial charge in [-0.25, -0.2) is 4.79 Å². The summed E-state index contributed by atoms with van der Waals surface area (Å²) in [7, 11) is 1.53. The fraction of sp³-hybridized carbons (Fsp3) is 0.0800. The number of para-hydroxylation sites is 1. The standard InChI is InChI=1S/C25H18BrNO5S2/c1-31-20-11-17(12-22-23(28)27(25(33)34-22)18-8-3-2-4-9-18)19(26)13-21(20)32-14-15-6-5-7-16(10-15)24(29)30/h2-13H,14H2,1H3,(H,29,30)/b22-12+. The predicted octanol–water partition coefficient (Wildman–Crippen LogP) is 6.14. The highest BCUT2D eigenvalue weighted by Crippen LogP contribution is 2.39. The SMILES string of the molecule is COc1cc(/C=C2/SC(=S)N(c3ccccc3)C2=O)c(Br)cc1OCc1cccc(C(=O)O)c1. The third-order valence-corrected chi connectivity index (χ3v) is 6.93. The van der Waals surface area contributed by atoms with Crippen LogP contribution in [0.25, 0.3) is 6.08 Å². The van der Waals surface area contributed by atoms with Crippen LogP contribution in [0.15, 0.2) is 76.1 Å². The van der Waals surface area contributed by atoms with Crippen molar-refractivity contribution in [2.45, 2.75) is 6.61 Å². The first-order valence-electron chi connectivity index (χ1n) is 10.0. The number of benzene rings is 3. The van der Waals surface area contributed by atoms with Crippen molar-refractivity contribution < 1.29 is 24.2 Å². The molecule has 34 heavy (non-hydrogen) atoms. The van der Waals surface area contributed by atoms with E-state index in [1.54, 1.807) is 36.4 Å². The quantitative estimate of drug-likeness (QED) is 0.277. The van der Waals surface area contributed by atoms with Gasteiger partial charge in [-0.15, -0.1) is 0 Å². The topological polar surface area (TPSA) is 76.1 Å². The summed E-state index contributed by atoms with van der Waals surface area (Å²) in [4.78, 5) is 26.2. The van der Waals surface area contributed by atoms with E-state index >= 15 is 0 Å². The molecule has 9 heteroatoms. The molecule has 4 rings (SSSR count). The van der Waals surface area contributed by atoms with Crippen molar-refractivity contribution in [3.05, 3.63) is 92.8 Å². The molecule has 1 heterocycles. The van der Waals surface area contributed by atoms with Gasteiger partial charge in [0.05, 0.1) is 23.3 Å². The number of thiocarbonyl (C=S) groups is 1. The predicted molar refractivity (Wildman–Crippen MR) is 141 cm³/mol. The van der Waals surface area contributed by atoms with E-state index < -0.39 is 5.97 Å². The molecular formula is C25H18BrNO5S2. The third kappa shape index (κ3) is 5.16. The lowest BCUT2D eigenvalue weighted by Crippen LogP contribution is -2.27. The van der Waals surface area contributed by atoms with Crippen molar-refractivity contribution in [2.24, 2.45) is 0 Å². The number of anilines is 1. The minimum Gasteiger partial charge on any atom is -0.493 e. The van der Waals surface area contributed by atoms with Gasteiger partial charge in [0.15, 0.2) is 15.8 Å². The van der Waals surface area contributed by atoms with E-state index in [-0.39, 0.29) is 18.1 Å². The maximum Gasteiger partial charge on any atom is 0.335 e. The fourth-order valence-corrected chi connectivity index (χ4v) is 5.02.